The number of anilines is 4. The molecule has 50 heavy (non-hydrogen) atoms. The largest absolute Gasteiger partial charge is 0.478 e. The monoisotopic (exact) mass is 680 g/mol. The van der Waals surface area contributed by atoms with Gasteiger partial charge in [-0.1, -0.05) is 59.7 Å². The first-order valence-corrected chi connectivity index (χ1v) is 17.2. The van der Waals surface area contributed by atoms with Gasteiger partial charge in [0.05, 0.1) is 52.1 Å². The van der Waals surface area contributed by atoms with Crippen molar-refractivity contribution in [2.75, 3.05) is 86.5 Å². The fourth-order valence-corrected chi connectivity index (χ4v) is 5.40. The standard InChI is InChI=1S/2C19H24N4O2/c2*1-3-25-19-13-17(23-7-9-24-10-8-23)12-18(21-19)22-20-14-16-6-4-5-15(2)11-16/h2*4-6,11-14H,3,7-10H2,1-2H3,(H,21,22)/b2*20-14+. The van der Waals surface area contributed by atoms with Crippen LogP contribution in [0.4, 0.5) is 23.0 Å². The molecule has 4 heterocycles. The van der Waals surface area contributed by atoms with E-state index in [1.807, 2.05) is 62.4 Å². The fraction of sp³-hybridized carbons (Fsp3) is 0.368. The molecule has 2 aliphatic rings. The molecule has 0 amide bonds. The van der Waals surface area contributed by atoms with Crippen molar-refractivity contribution < 1.29 is 18.9 Å². The molecule has 12 heteroatoms. The summed E-state index contributed by atoms with van der Waals surface area (Å²) in [6.07, 6.45) is 3.58. The molecule has 0 radical (unpaired) electrons. The Morgan fingerprint density at radius 3 is 1.44 bits per heavy atom. The Kier molecular flexibility index (Phi) is 13.8. The molecule has 2 aliphatic heterocycles. The Labute approximate surface area is 295 Å². The van der Waals surface area contributed by atoms with Gasteiger partial charge in [0.2, 0.25) is 11.8 Å². The number of rotatable bonds is 12. The van der Waals surface area contributed by atoms with Gasteiger partial charge in [-0.2, -0.15) is 20.2 Å². The highest BCUT2D eigenvalue weighted by Gasteiger charge is 2.15. The molecule has 4 aromatic rings. The number of nitrogens with zero attached hydrogens (tertiary/aromatic N) is 6. The maximum Gasteiger partial charge on any atom is 0.217 e. The van der Waals surface area contributed by atoms with E-state index in [4.69, 9.17) is 18.9 Å². The molecule has 2 N–H and O–H groups in total. The summed E-state index contributed by atoms with van der Waals surface area (Å²) in [6.45, 7) is 15.6. The predicted octanol–water partition coefficient (Wildman–Crippen LogP) is 6.14. The zero-order valence-electron chi connectivity index (χ0n) is 29.5. The van der Waals surface area contributed by atoms with Crippen LogP contribution >= 0.6 is 0 Å². The first-order chi connectivity index (χ1) is 24.5. The molecule has 2 saturated heterocycles. The Morgan fingerprint density at radius 2 is 1.06 bits per heavy atom. The number of nitrogens with one attached hydrogen (secondary N) is 2. The second-order valence-electron chi connectivity index (χ2n) is 11.7. The van der Waals surface area contributed by atoms with Crippen LogP contribution in [0.1, 0.15) is 36.1 Å². The van der Waals surface area contributed by atoms with Crippen LogP contribution in [0.15, 0.2) is 83.0 Å². The molecular formula is C38H48N8O4. The molecule has 2 fully saturated rings. The van der Waals surface area contributed by atoms with E-state index >= 15 is 0 Å². The molecule has 0 saturated carbocycles. The quantitative estimate of drug-likeness (QED) is 0.133. The number of hydrogen-bond acceptors (Lipinski definition) is 12. The van der Waals surface area contributed by atoms with Crippen molar-refractivity contribution in [1.29, 1.82) is 0 Å². The van der Waals surface area contributed by atoms with Gasteiger partial charge in [0.25, 0.3) is 0 Å². The van der Waals surface area contributed by atoms with Gasteiger partial charge >= 0.3 is 0 Å². The highest BCUT2D eigenvalue weighted by molar-refractivity contribution is 5.81. The van der Waals surface area contributed by atoms with Gasteiger partial charge in [-0.25, -0.2) is 0 Å². The number of ether oxygens (including phenoxy) is 4. The number of aromatic nitrogens is 2. The molecule has 0 unspecified atom stereocenters. The molecule has 0 spiro atoms. The van der Waals surface area contributed by atoms with E-state index in [1.54, 1.807) is 12.4 Å². The highest BCUT2D eigenvalue weighted by Crippen LogP contribution is 2.26. The van der Waals surface area contributed by atoms with E-state index in [1.165, 1.54) is 11.1 Å². The van der Waals surface area contributed by atoms with Crippen molar-refractivity contribution in [2.45, 2.75) is 27.7 Å². The van der Waals surface area contributed by atoms with Crippen LogP contribution in [0.25, 0.3) is 0 Å². The van der Waals surface area contributed by atoms with Crippen molar-refractivity contribution in [2.24, 2.45) is 10.2 Å². The Balaban J connectivity index is 0.000000194. The molecule has 264 valence electrons. The average Bonchev–Trinajstić information content (AvgIpc) is 3.13. The lowest BCUT2D eigenvalue weighted by Crippen LogP contribution is -2.36. The van der Waals surface area contributed by atoms with Crippen LogP contribution in [0, 0.1) is 13.8 Å². The van der Waals surface area contributed by atoms with Gasteiger partial charge in [-0.15, -0.1) is 0 Å². The third-order valence-electron chi connectivity index (χ3n) is 7.78. The second-order valence-corrected chi connectivity index (χ2v) is 11.7. The molecular weight excluding hydrogens is 632 g/mol. The normalized spacial score (nSPS) is 14.7. The SMILES string of the molecule is CCOc1cc(N2CCOCC2)cc(N/N=C/c2cccc(C)c2)n1.CCOc1cc(N2CCOCC2)cc(N/N=C/c2cccc(C)c2)n1. The number of benzene rings is 2. The van der Waals surface area contributed by atoms with E-state index in [-0.39, 0.29) is 0 Å². The molecule has 0 atom stereocenters. The van der Waals surface area contributed by atoms with E-state index in [0.717, 1.165) is 75.1 Å². The minimum absolute atomic E-state index is 0.575. The maximum absolute atomic E-state index is 5.60. The van der Waals surface area contributed by atoms with Crippen molar-refractivity contribution >= 4 is 35.4 Å². The van der Waals surface area contributed by atoms with Crippen LogP contribution in [0.5, 0.6) is 11.8 Å². The zero-order chi connectivity index (χ0) is 35.0. The first kappa shape index (κ1) is 36.1. The lowest BCUT2D eigenvalue weighted by molar-refractivity contribution is 0.122. The predicted molar refractivity (Wildman–Crippen MR) is 202 cm³/mol. The van der Waals surface area contributed by atoms with E-state index in [2.05, 4.69) is 78.9 Å². The lowest BCUT2D eigenvalue weighted by Gasteiger charge is -2.29. The summed E-state index contributed by atoms with van der Waals surface area (Å²) >= 11 is 0. The van der Waals surface area contributed by atoms with Gasteiger partial charge in [-0.05, 0) is 38.8 Å². The summed E-state index contributed by atoms with van der Waals surface area (Å²) in [4.78, 5) is 13.5. The van der Waals surface area contributed by atoms with Gasteiger partial charge in [0.15, 0.2) is 11.6 Å². The number of morpholine rings is 2. The lowest BCUT2D eigenvalue weighted by atomic mass is 10.2. The minimum atomic E-state index is 0.575. The molecule has 0 aliphatic carbocycles. The highest BCUT2D eigenvalue weighted by atomic mass is 16.5. The molecule has 12 nitrogen and oxygen atoms in total. The summed E-state index contributed by atoms with van der Waals surface area (Å²) in [5.74, 6) is 2.52. The number of aryl methyl sites for hydroxylation is 2. The second kappa shape index (κ2) is 19.1. The summed E-state index contributed by atoms with van der Waals surface area (Å²) in [6, 6.07) is 24.2. The molecule has 2 aromatic carbocycles. The Bertz CT molecular complexity index is 1580. The molecule has 2 aromatic heterocycles. The van der Waals surface area contributed by atoms with Gasteiger partial charge in [0.1, 0.15) is 0 Å². The van der Waals surface area contributed by atoms with Gasteiger partial charge < -0.3 is 28.7 Å². The maximum atomic E-state index is 5.60. The number of hydrogen-bond donors (Lipinski definition) is 2. The first-order valence-electron chi connectivity index (χ1n) is 17.2. The number of pyridine rings is 2. The third-order valence-corrected chi connectivity index (χ3v) is 7.78. The Morgan fingerprint density at radius 1 is 0.640 bits per heavy atom. The van der Waals surface area contributed by atoms with E-state index < -0.39 is 0 Å². The van der Waals surface area contributed by atoms with Crippen molar-refractivity contribution in [3.63, 3.8) is 0 Å². The summed E-state index contributed by atoms with van der Waals surface area (Å²) in [5.41, 5.74) is 12.6. The van der Waals surface area contributed by atoms with E-state index in [0.29, 0.717) is 36.6 Å². The van der Waals surface area contributed by atoms with Gasteiger partial charge in [0, 0.05) is 61.8 Å². The van der Waals surface area contributed by atoms with Crippen LogP contribution in [0.2, 0.25) is 0 Å². The van der Waals surface area contributed by atoms with Gasteiger partial charge in [-0.3, -0.25) is 10.9 Å². The summed E-state index contributed by atoms with van der Waals surface area (Å²) < 4.78 is 22.0. The van der Waals surface area contributed by atoms with Crippen molar-refractivity contribution in [1.82, 2.24) is 9.97 Å². The summed E-state index contributed by atoms with van der Waals surface area (Å²) in [5, 5.41) is 8.61. The minimum Gasteiger partial charge on any atom is -0.478 e. The third kappa shape index (κ3) is 11.5. The fourth-order valence-electron chi connectivity index (χ4n) is 5.40. The van der Waals surface area contributed by atoms with Crippen LogP contribution in [-0.2, 0) is 9.47 Å². The number of hydrazone groups is 2. The van der Waals surface area contributed by atoms with Crippen LogP contribution < -0.4 is 30.1 Å². The Hall–Kier alpha value is -5.20. The van der Waals surface area contributed by atoms with Crippen molar-refractivity contribution in [3.8, 4) is 11.8 Å². The van der Waals surface area contributed by atoms with Crippen LogP contribution in [-0.4, -0.2) is 88.2 Å². The van der Waals surface area contributed by atoms with Crippen LogP contribution in [0.3, 0.4) is 0 Å². The molecule has 6 rings (SSSR count). The average molecular weight is 681 g/mol. The topological polar surface area (TPSA) is 118 Å². The summed E-state index contributed by atoms with van der Waals surface area (Å²) in [7, 11) is 0. The zero-order valence-corrected chi connectivity index (χ0v) is 29.5. The van der Waals surface area contributed by atoms with Crippen molar-refractivity contribution in [3.05, 3.63) is 95.1 Å². The smallest absolute Gasteiger partial charge is 0.217 e. The van der Waals surface area contributed by atoms with E-state index in [9.17, 15) is 0 Å². The molecule has 0 bridgehead atoms.